The van der Waals surface area contributed by atoms with E-state index in [9.17, 15) is 10.2 Å². The molecule has 202 valence electrons. The molecule has 1 aliphatic rings. The number of aromatic hydroxyl groups is 2. The van der Waals surface area contributed by atoms with Crippen molar-refractivity contribution in [2.24, 2.45) is 5.41 Å². The van der Waals surface area contributed by atoms with Crippen LogP contribution in [-0.2, 0) is 11.8 Å². The Morgan fingerprint density at radius 2 is 1.02 bits per heavy atom. The Bertz CT molecular complexity index is 1910. The van der Waals surface area contributed by atoms with Crippen LogP contribution in [0.1, 0.15) is 55.0 Å². The van der Waals surface area contributed by atoms with Crippen LogP contribution in [0.4, 0.5) is 0 Å². The van der Waals surface area contributed by atoms with Crippen molar-refractivity contribution in [2.75, 3.05) is 0 Å². The van der Waals surface area contributed by atoms with E-state index < -0.39 is 5.41 Å². The number of aryl methyl sites for hydroxylation is 1. The van der Waals surface area contributed by atoms with Gasteiger partial charge in [0.05, 0.1) is 5.41 Å². The summed E-state index contributed by atoms with van der Waals surface area (Å²) in [6, 6.07) is 40.0. The molecule has 6 aromatic carbocycles. The second-order valence-corrected chi connectivity index (χ2v) is 12.6. The third kappa shape index (κ3) is 3.85. The van der Waals surface area contributed by atoms with E-state index in [0.29, 0.717) is 0 Å². The zero-order chi connectivity index (χ0) is 28.4. The highest BCUT2D eigenvalue weighted by molar-refractivity contribution is 6.01. The van der Waals surface area contributed by atoms with E-state index in [-0.39, 0.29) is 16.9 Å². The zero-order valence-corrected chi connectivity index (χ0v) is 23.8. The summed E-state index contributed by atoms with van der Waals surface area (Å²) in [4.78, 5) is 0. The Balaban J connectivity index is 1.65. The Kier molecular flexibility index (Phi) is 5.73. The Morgan fingerprint density at radius 1 is 0.512 bits per heavy atom. The van der Waals surface area contributed by atoms with E-state index in [4.69, 9.17) is 0 Å². The van der Waals surface area contributed by atoms with Gasteiger partial charge in [-0.25, -0.2) is 0 Å². The molecule has 0 amide bonds. The molecule has 2 N–H and O–H groups in total. The molecule has 41 heavy (non-hydrogen) atoms. The molecular formula is C39H34O2. The van der Waals surface area contributed by atoms with E-state index in [2.05, 4.69) is 106 Å². The van der Waals surface area contributed by atoms with Gasteiger partial charge in [0.15, 0.2) is 0 Å². The minimum atomic E-state index is -0.658. The highest BCUT2D eigenvalue weighted by atomic mass is 16.3. The predicted octanol–water partition coefficient (Wildman–Crippen LogP) is 9.75. The first-order chi connectivity index (χ1) is 19.8. The molecular weight excluding hydrogens is 500 g/mol. The van der Waals surface area contributed by atoms with Gasteiger partial charge in [-0.1, -0.05) is 124 Å². The topological polar surface area (TPSA) is 40.5 Å². The maximum atomic E-state index is 11.1. The highest BCUT2D eigenvalue weighted by Crippen LogP contribution is 2.59. The number of hydrogen-bond acceptors (Lipinski definition) is 2. The summed E-state index contributed by atoms with van der Waals surface area (Å²) in [5.41, 5.74) is 7.95. The van der Waals surface area contributed by atoms with Gasteiger partial charge in [0.1, 0.15) is 11.5 Å². The summed E-state index contributed by atoms with van der Waals surface area (Å²) in [5.74, 6) is 0.565. The normalized spacial score (nSPS) is 13.8. The minimum absolute atomic E-state index is 0.228. The Labute approximate surface area is 241 Å². The van der Waals surface area contributed by atoms with E-state index >= 15 is 0 Å². The van der Waals surface area contributed by atoms with E-state index in [1.54, 1.807) is 0 Å². The van der Waals surface area contributed by atoms with Gasteiger partial charge in [0.2, 0.25) is 0 Å². The molecule has 0 saturated carbocycles. The van der Waals surface area contributed by atoms with Crippen molar-refractivity contribution in [1.29, 1.82) is 0 Å². The molecule has 0 atom stereocenters. The van der Waals surface area contributed by atoms with Gasteiger partial charge in [-0.3, -0.25) is 0 Å². The Hall–Kier alpha value is -4.56. The third-order valence-corrected chi connectivity index (χ3v) is 8.88. The first-order valence-electron chi connectivity index (χ1n) is 14.4. The first kappa shape index (κ1) is 25.4. The van der Waals surface area contributed by atoms with Crippen LogP contribution in [-0.4, -0.2) is 10.2 Å². The summed E-state index contributed by atoms with van der Waals surface area (Å²) in [5, 5.41) is 25.8. The maximum Gasteiger partial charge on any atom is 0.123 e. The van der Waals surface area contributed by atoms with Crippen molar-refractivity contribution in [2.45, 2.75) is 39.0 Å². The lowest BCUT2D eigenvalue weighted by molar-refractivity contribution is 0.378. The molecule has 0 heterocycles. The lowest BCUT2D eigenvalue weighted by Gasteiger charge is -2.36. The third-order valence-electron chi connectivity index (χ3n) is 8.88. The number of phenols is 2. The fraction of sp³-hybridized carbons (Fsp3) is 0.179. The summed E-state index contributed by atoms with van der Waals surface area (Å²) >= 11 is 0. The average molecular weight is 535 g/mol. The number of hydrogen-bond donors (Lipinski definition) is 2. The van der Waals surface area contributed by atoms with Gasteiger partial charge in [-0.2, -0.15) is 0 Å². The largest absolute Gasteiger partial charge is 0.507 e. The van der Waals surface area contributed by atoms with Crippen molar-refractivity contribution in [3.63, 3.8) is 0 Å². The molecule has 0 aliphatic heterocycles. The van der Waals surface area contributed by atoms with Crippen LogP contribution < -0.4 is 0 Å². The molecule has 6 aromatic rings. The molecule has 0 saturated heterocycles. The van der Waals surface area contributed by atoms with Crippen LogP contribution in [0.25, 0.3) is 32.7 Å². The number of rotatable bonds is 4. The summed E-state index contributed by atoms with van der Waals surface area (Å²) < 4.78 is 0. The summed E-state index contributed by atoms with van der Waals surface area (Å²) in [7, 11) is 0. The lowest BCUT2D eigenvalue weighted by atomic mass is 9.65. The van der Waals surface area contributed by atoms with Gasteiger partial charge in [0.25, 0.3) is 0 Å². The van der Waals surface area contributed by atoms with Crippen LogP contribution in [0.5, 0.6) is 11.5 Å². The van der Waals surface area contributed by atoms with Gasteiger partial charge in [-0.15, -0.1) is 0 Å². The number of phenolic OH excluding ortho intramolecular Hbond substituents is 2. The second-order valence-electron chi connectivity index (χ2n) is 12.6. The SMILES string of the molecule is CC(C)(C)CCc1ccc2c(O)ccc(C3(c4ccc(O)c5ccccc45)c4ccccc4-c4ccccc43)c2c1. The van der Waals surface area contributed by atoms with E-state index in [0.717, 1.165) is 45.5 Å². The van der Waals surface area contributed by atoms with Crippen LogP contribution >= 0.6 is 0 Å². The van der Waals surface area contributed by atoms with Crippen LogP contribution in [0.3, 0.4) is 0 Å². The van der Waals surface area contributed by atoms with Gasteiger partial charge in [0, 0.05) is 10.8 Å². The lowest BCUT2D eigenvalue weighted by Crippen LogP contribution is -2.29. The van der Waals surface area contributed by atoms with Crippen LogP contribution in [0, 0.1) is 5.41 Å². The van der Waals surface area contributed by atoms with Crippen molar-refractivity contribution in [3.05, 3.63) is 143 Å². The van der Waals surface area contributed by atoms with Crippen LogP contribution in [0.2, 0.25) is 0 Å². The predicted molar refractivity (Wildman–Crippen MR) is 170 cm³/mol. The monoisotopic (exact) mass is 534 g/mol. The van der Waals surface area contributed by atoms with Crippen molar-refractivity contribution in [1.82, 2.24) is 0 Å². The van der Waals surface area contributed by atoms with Crippen molar-refractivity contribution in [3.8, 4) is 22.6 Å². The van der Waals surface area contributed by atoms with Gasteiger partial charge in [-0.05, 0) is 80.1 Å². The summed E-state index contributed by atoms with van der Waals surface area (Å²) in [6.07, 6.45) is 2.04. The molecule has 0 aromatic heterocycles. The second kappa shape index (κ2) is 9.24. The van der Waals surface area contributed by atoms with Gasteiger partial charge < -0.3 is 10.2 Å². The molecule has 2 nitrogen and oxygen atoms in total. The van der Waals surface area contributed by atoms with Gasteiger partial charge >= 0.3 is 0 Å². The summed E-state index contributed by atoms with van der Waals surface area (Å²) in [6.45, 7) is 6.84. The molecule has 7 rings (SSSR count). The molecule has 0 radical (unpaired) electrons. The van der Waals surface area contributed by atoms with E-state index in [1.165, 1.54) is 27.8 Å². The van der Waals surface area contributed by atoms with E-state index in [1.807, 2.05) is 30.3 Å². The highest BCUT2D eigenvalue weighted by Gasteiger charge is 2.47. The number of benzene rings is 6. The molecule has 0 bridgehead atoms. The maximum absolute atomic E-state index is 11.1. The zero-order valence-electron chi connectivity index (χ0n) is 23.8. The fourth-order valence-electron chi connectivity index (χ4n) is 6.95. The first-order valence-corrected chi connectivity index (χ1v) is 14.4. The van der Waals surface area contributed by atoms with Crippen LogP contribution in [0.15, 0.2) is 115 Å². The van der Waals surface area contributed by atoms with Crippen molar-refractivity contribution < 1.29 is 10.2 Å². The molecule has 2 heteroatoms. The molecule has 0 unspecified atom stereocenters. The standard InChI is InChI=1S/C39H34O2/c1-38(2,3)23-22-25-16-17-30-31(24-25)35(19-21-37(30)41)39(34-18-20-36(40)29-13-5-4-12-28(29)34)32-14-8-6-10-26(32)27-11-7-9-15-33(27)39/h4-21,24,40-41H,22-23H2,1-3H3. The van der Waals surface area contributed by atoms with Crippen molar-refractivity contribution >= 4 is 21.5 Å². The fourth-order valence-corrected chi connectivity index (χ4v) is 6.95. The minimum Gasteiger partial charge on any atom is -0.507 e. The quantitative estimate of drug-likeness (QED) is 0.236. The number of fused-ring (bicyclic) bond motifs is 5. The Morgan fingerprint density at radius 3 is 1.63 bits per heavy atom. The molecule has 1 aliphatic carbocycles. The smallest absolute Gasteiger partial charge is 0.123 e. The average Bonchev–Trinajstić information content (AvgIpc) is 3.27. The molecule has 0 fully saturated rings. The molecule has 0 spiro atoms.